The third-order valence-corrected chi connectivity index (χ3v) is 3.73. The van der Waals surface area contributed by atoms with E-state index in [2.05, 4.69) is 50.0 Å². The first kappa shape index (κ1) is 15.0. The molecule has 3 aromatic rings. The van der Waals surface area contributed by atoms with Crippen molar-refractivity contribution in [3.63, 3.8) is 0 Å². The smallest absolute Gasteiger partial charge is 0.279 e. The molecule has 2 heterocycles. The summed E-state index contributed by atoms with van der Waals surface area (Å²) in [6.45, 7) is 3.82. The minimum absolute atomic E-state index is 0.273. The summed E-state index contributed by atoms with van der Waals surface area (Å²) in [7, 11) is 0. The Morgan fingerprint density at radius 1 is 1.13 bits per heavy atom. The van der Waals surface area contributed by atoms with Crippen LogP contribution in [0.4, 0.5) is 5.82 Å². The summed E-state index contributed by atoms with van der Waals surface area (Å²) in [6.07, 6.45) is 1.75. The summed E-state index contributed by atoms with van der Waals surface area (Å²) < 4.78 is 0. The Balaban J connectivity index is 1.61. The van der Waals surface area contributed by atoms with Crippen LogP contribution in [0.15, 0.2) is 30.3 Å². The minimum Gasteiger partial charge on any atom is -0.304 e. The standard InChI is InChI=1S/C16H18N6O/c1-10-5-3-4-6-12(10)7-8-13-9-14(20-19-13)17-16(23)15-11(2)18-22-21-15/h3-6,9H,7-8H2,1-2H3,(H,18,21,22)(H2,17,19,20,23). The average molecular weight is 310 g/mol. The van der Waals surface area contributed by atoms with E-state index in [-0.39, 0.29) is 11.6 Å². The van der Waals surface area contributed by atoms with Crippen LogP contribution in [0, 0.1) is 13.8 Å². The fourth-order valence-corrected chi connectivity index (χ4v) is 2.39. The molecule has 0 aliphatic rings. The van der Waals surface area contributed by atoms with Crippen molar-refractivity contribution in [3.05, 3.63) is 58.5 Å². The molecule has 2 aromatic heterocycles. The molecule has 0 fully saturated rings. The predicted octanol–water partition coefficient (Wildman–Crippen LogP) is 2.18. The minimum atomic E-state index is -0.326. The highest BCUT2D eigenvalue weighted by Gasteiger charge is 2.14. The molecule has 0 aliphatic heterocycles. The Morgan fingerprint density at radius 2 is 1.96 bits per heavy atom. The Kier molecular flexibility index (Phi) is 4.18. The van der Waals surface area contributed by atoms with Crippen LogP contribution in [0.25, 0.3) is 0 Å². The third-order valence-electron chi connectivity index (χ3n) is 3.73. The molecule has 0 aliphatic carbocycles. The number of aromatic amines is 2. The van der Waals surface area contributed by atoms with Gasteiger partial charge < -0.3 is 5.32 Å². The second kappa shape index (κ2) is 6.43. The molecular weight excluding hydrogens is 292 g/mol. The summed E-state index contributed by atoms with van der Waals surface area (Å²) >= 11 is 0. The molecule has 0 saturated heterocycles. The molecule has 0 radical (unpaired) electrons. The van der Waals surface area contributed by atoms with Crippen LogP contribution >= 0.6 is 0 Å². The number of rotatable bonds is 5. The SMILES string of the molecule is Cc1ccccc1CCc1cc(NC(=O)c2n[nH]nc2C)n[nH]1. The van der Waals surface area contributed by atoms with E-state index in [9.17, 15) is 4.79 Å². The maximum atomic E-state index is 12.0. The molecule has 0 saturated carbocycles. The van der Waals surface area contributed by atoms with Gasteiger partial charge in [-0.3, -0.25) is 9.89 Å². The van der Waals surface area contributed by atoms with E-state index in [4.69, 9.17) is 0 Å². The summed E-state index contributed by atoms with van der Waals surface area (Å²) in [4.78, 5) is 12.0. The van der Waals surface area contributed by atoms with Crippen LogP contribution in [0.2, 0.25) is 0 Å². The van der Waals surface area contributed by atoms with E-state index >= 15 is 0 Å². The fraction of sp³-hybridized carbons (Fsp3) is 0.250. The summed E-state index contributed by atoms with van der Waals surface area (Å²) in [5.74, 6) is 0.158. The lowest BCUT2D eigenvalue weighted by molar-refractivity contribution is 0.102. The number of H-pyrrole nitrogens is 2. The number of amides is 1. The van der Waals surface area contributed by atoms with E-state index in [1.165, 1.54) is 11.1 Å². The molecule has 1 amide bonds. The Bertz CT molecular complexity index is 819. The molecule has 3 N–H and O–H groups in total. The van der Waals surface area contributed by atoms with Crippen molar-refractivity contribution in [2.75, 3.05) is 5.32 Å². The monoisotopic (exact) mass is 310 g/mol. The van der Waals surface area contributed by atoms with Crippen molar-refractivity contribution in [1.82, 2.24) is 25.6 Å². The molecule has 0 unspecified atom stereocenters. The van der Waals surface area contributed by atoms with E-state index in [0.717, 1.165) is 18.5 Å². The summed E-state index contributed by atoms with van der Waals surface area (Å²) in [5, 5.41) is 19.9. The van der Waals surface area contributed by atoms with Crippen molar-refractivity contribution in [2.24, 2.45) is 0 Å². The average Bonchev–Trinajstić information content (AvgIpc) is 3.15. The zero-order valence-corrected chi connectivity index (χ0v) is 13.1. The number of aromatic nitrogens is 5. The number of benzene rings is 1. The van der Waals surface area contributed by atoms with Crippen molar-refractivity contribution >= 4 is 11.7 Å². The Labute approximate surface area is 133 Å². The fourth-order valence-electron chi connectivity index (χ4n) is 2.39. The van der Waals surface area contributed by atoms with Gasteiger partial charge in [-0.2, -0.15) is 20.5 Å². The lowest BCUT2D eigenvalue weighted by Gasteiger charge is -2.03. The maximum Gasteiger partial charge on any atom is 0.279 e. The van der Waals surface area contributed by atoms with Crippen LogP contribution in [0.1, 0.15) is 33.0 Å². The first-order chi connectivity index (χ1) is 11.1. The molecule has 118 valence electrons. The third kappa shape index (κ3) is 3.45. The van der Waals surface area contributed by atoms with Crippen LogP contribution < -0.4 is 5.32 Å². The van der Waals surface area contributed by atoms with Gasteiger partial charge in [0.15, 0.2) is 11.5 Å². The number of hydrogen-bond acceptors (Lipinski definition) is 4. The summed E-state index contributed by atoms with van der Waals surface area (Å²) in [5.41, 5.74) is 4.39. The van der Waals surface area contributed by atoms with Gasteiger partial charge in [-0.1, -0.05) is 24.3 Å². The number of aryl methyl sites for hydroxylation is 4. The van der Waals surface area contributed by atoms with Crippen molar-refractivity contribution in [3.8, 4) is 0 Å². The van der Waals surface area contributed by atoms with Gasteiger partial charge in [0.05, 0.1) is 5.69 Å². The maximum absolute atomic E-state index is 12.0. The van der Waals surface area contributed by atoms with Gasteiger partial charge in [-0.05, 0) is 37.8 Å². The molecular formula is C16H18N6O. The van der Waals surface area contributed by atoms with Gasteiger partial charge in [0.25, 0.3) is 5.91 Å². The van der Waals surface area contributed by atoms with Crippen LogP contribution in [0.3, 0.4) is 0 Å². The highest BCUT2D eigenvalue weighted by molar-refractivity contribution is 6.02. The molecule has 7 heteroatoms. The summed E-state index contributed by atoms with van der Waals surface area (Å²) in [6, 6.07) is 10.2. The first-order valence-corrected chi connectivity index (χ1v) is 7.41. The normalized spacial score (nSPS) is 10.7. The zero-order chi connectivity index (χ0) is 16.2. The van der Waals surface area contributed by atoms with Crippen LogP contribution in [-0.2, 0) is 12.8 Å². The molecule has 0 bridgehead atoms. The van der Waals surface area contributed by atoms with Gasteiger partial charge in [0.1, 0.15) is 0 Å². The topological polar surface area (TPSA) is 99.3 Å². The highest BCUT2D eigenvalue weighted by Crippen LogP contribution is 2.13. The largest absolute Gasteiger partial charge is 0.304 e. The van der Waals surface area contributed by atoms with Crippen LogP contribution in [0.5, 0.6) is 0 Å². The number of carbonyl (C=O) groups excluding carboxylic acids is 1. The number of anilines is 1. The van der Waals surface area contributed by atoms with Gasteiger partial charge in [-0.15, -0.1) is 0 Å². The Hall–Kier alpha value is -2.96. The second-order valence-electron chi connectivity index (χ2n) is 5.42. The van der Waals surface area contributed by atoms with E-state index in [1.54, 1.807) is 6.92 Å². The number of carbonyl (C=O) groups is 1. The van der Waals surface area contributed by atoms with Crippen molar-refractivity contribution in [2.45, 2.75) is 26.7 Å². The van der Waals surface area contributed by atoms with E-state index in [1.807, 2.05) is 18.2 Å². The first-order valence-electron chi connectivity index (χ1n) is 7.41. The second-order valence-corrected chi connectivity index (χ2v) is 5.42. The molecule has 0 atom stereocenters. The zero-order valence-electron chi connectivity index (χ0n) is 13.1. The van der Waals surface area contributed by atoms with Crippen molar-refractivity contribution in [1.29, 1.82) is 0 Å². The molecule has 23 heavy (non-hydrogen) atoms. The van der Waals surface area contributed by atoms with Gasteiger partial charge >= 0.3 is 0 Å². The molecule has 1 aromatic carbocycles. The lowest BCUT2D eigenvalue weighted by atomic mass is 10.0. The predicted molar refractivity (Wildman–Crippen MR) is 86.2 cm³/mol. The number of nitrogens with one attached hydrogen (secondary N) is 3. The highest BCUT2D eigenvalue weighted by atomic mass is 16.2. The molecule has 0 spiro atoms. The quantitative estimate of drug-likeness (QED) is 0.672. The van der Waals surface area contributed by atoms with E-state index < -0.39 is 0 Å². The molecule has 7 nitrogen and oxygen atoms in total. The Morgan fingerprint density at radius 3 is 2.70 bits per heavy atom. The number of nitrogens with zero attached hydrogens (tertiary/aromatic N) is 3. The van der Waals surface area contributed by atoms with Crippen molar-refractivity contribution < 1.29 is 4.79 Å². The lowest BCUT2D eigenvalue weighted by Crippen LogP contribution is -2.14. The molecule has 3 rings (SSSR count). The van der Waals surface area contributed by atoms with Gasteiger partial charge in [-0.25, -0.2) is 0 Å². The van der Waals surface area contributed by atoms with Crippen LogP contribution in [-0.4, -0.2) is 31.5 Å². The van der Waals surface area contributed by atoms with Gasteiger partial charge in [0, 0.05) is 11.8 Å². The number of hydrogen-bond donors (Lipinski definition) is 3. The van der Waals surface area contributed by atoms with E-state index in [0.29, 0.717) is 11.5 Å². The van der Waals surface area contributed by atoms with Gasteiger partial charge in [0.2, 0.25) is 0 Å².